The van der Waals surface area contributed by atoms with Crippen LogP contribution in [-0.4, -0.2) is 5.91 Å². The number of benzene rings is 4. The molecule has 154 valence electrons. The van der Waals surface area contributed by atoms with Crippen molar-refractivity contribution in [3.63, 3.8) is 0 Å². The maximum atomic E-state index is 13.8. The van der Waals surface area contributed by atoms with Gasteiger partial charge in [-0.2, -0.15) is 0 Å². The van der Waals surface area contributed by atoms with E-state index in [-0.39, 0.29) is 5.91 Å². The van der Waals surface area contributed by atoms with E-state index in [0.717, 1.165) is 39.1 Å². The van der Waals surface area contributed by atoms with Gasteiger partial charge in [-0.3, -0.25) is 4.79 Å². The first-order valence-corrected chi connectivity index (χ1v) is 10.8. The number of anilines is 1. The van der Waals surface area contributed by atoms with Gasteiger partial charge in [-0.15, -0.1) is 0 Å². The molecular weight excluding hydrogens is 390 g/mol. The molecule has 2 nitrogen and oxygen atoms in total. The molecule has 0 aromatic heterocycles. The summed E-state index contributed by atoms with van der Waals surface area (Å²) in [5, 5.41) is 0. The van der Waals surface area contributed by atoms with Crippen molar-refractivity contribution in [3.05, 3.63) is 144 Å². The summed E-state index contributed by atoms with van der Waals surface area (Å²) >= 11 is 0. The van der Waals surface area contributed by atoms with E-state index in [2.05, 4.69) is 48.6 Å². The summed E-state index contributed by atoms with van der Waals surface area (Å²) in [6, 6.07) is 38.5. The Kier molecular flexibility index (Phi) is 5.50. The highest BCUT2D eigenvalue weighted by Crippen LogP contribution is 2.42. The van der Waals surface area contributed by atoms with E-state index in [0.29, 0.717) is 6.54 Å². The molecule has 0 saturated carbocycles. The average molecular weight is 414 g/mol. The Balaban J connectivity index is 1.66. The maximum Gasteiger partial charge on any atom is 0.259 e. The van der Waals surface area contributed by atoms with Crippen LogP contribution in [-0.2, 0) is 11.3 Å². The second kappa shape index (κ2) is 8.91. The summed E-state index contributed by atoms with van der Waals surface area (Å²) in [5.41, 5.74) is 6.85. The van der Waals surface area contributed by atoms with Crippen molar-refractivity contribution in [2.75, 3.05) is 4.90 Å². The zero-order valence-corrected chi connectivity index (χ0v) is 17.7. The number of carbonyl (C=O) groups is 1. The Morgan fingerprint density at radius 1 is 0.688 bits per heavy atom. The Labute approximate surface area is 188 Å². The van der Waals surface area contributed by atoms with Crippen molar-refractivity contribution >= 4 is 28.8 Å². The minimum Gasteiger partial charge on any atom is -0.303 e. The molecule has 5 rings (SSSR count). The number of allylic oxidation sites excluding steroid dienone is 2. The molecule has 1 aliphatic heterocycles. The van der Waals surface area contributed by atoms with E-state index in [1.165, 1.54) is 0 Å². The lowest BCUT2D eigenvalue weighted by atomic mass is 9.94. The van der Waals surface area contributed by atoms with Gasteiger partial charge in [0, 0.05) is 5.56 Å². The van der Waals surface area contributed by atoms with Gasteiger partial charge in [-0.25, -0.2) is 0 Å². The van der Waals surface area contributed by atoms with Crippen LogP contribution in [0.25, 0.3) is 17.2 Å². The summed E-state index contributed by atoms with van der Waals surface area (Å²) in [6.07, 6.45) is 4.14. The highest BCUT2D eigenvalue weighted by molar-refractivity contribution is 6.38. The summed E-state index contributed by atoms with van der Waals surface area (Å²) in [7, 11) is 0. The minimum absolute atomic E-state index is 0.0339. The molecule has 0 aliphatic carbocycles. The van der Waals surface area contributed by atoms with Gasteiger partial charge in [-0.05, 0) is 28.3 Å². The lowest BCUT2D eigenvalue weighted by Gasteiger charge is -2.17. The Morgan fingerprint density at radius 2 is 1.28 bits per heavy atom. The number of fused-ring (bicyclic) bond motifs is 1. The molecule has 1 amide bonds. The highest BCUT2D eigenvalue weighted by atomic mass is 16.2. The zero-order valence-electron chi connectivity index (χ0n) is 17.7. The molecule has 0 bridgehead atoms. The van der Waals surface area contributed by atoms with Crippen LogP contribution in [0, 0.1) is 0 Å². The molecule has 4 aromatic carbocycles. The molecule has 0 unspecified atom stereocenters. The number of rotatable bonds is 5. The van der Waals surface area contributed by atoms with Crippen LogP contribution in [0.5, 0.6) is 0 Å². The van der Waals surface area contributed by atoms with Gasteiger partial charge in [0.1, 0.15) is 0 Å². The number of nitrogens with zero attached hydrogens (tertiary/aromatic N) is 1. The van der Waals surface area contributed by atoms with Crippen molar-refractivity contribution in [1.82, 2.24) is 0 Å². The zero-order chi connectivity index (χ0) is 21.8. The number of para-hydroxylation sites is 1. The fraction of sp³-hybridized carbons (Fsp3) is 0.0333. The van der Waals surface area contributed by atoms with Crippen molar-refractivity contribution in [1.29, 1.82) is 0 Å². The Bertz CT molecular complexity index is 1290. The van der Waals surface area contributed by atoms with E-state index < -0.39 is 0 Å². The lowest BCUT2D eigenvalue weighted by Crippen LogP contribution is -2.25. The van der Waals surface area contributed by atoms with Gasteiger partial charge in [0.15, 0.2) is 0 Å². The summed E-state index contributed by atoms with van der Waals surface area (Å²) in [6.45, 7) is 0.546. The van der Waals surface area contributed by atoms with Crippen LogP contribution in [0.15, 0.2) is 121 Å². The quantitative estimate of drug-likeness (QED) is 0.327. The predicted octanol–water partition coefficient (Wildman–Crippen LogP) is 6.86. The first-order valence-electron chi connectivity index (χ1n) is 10.8. The Hall–Kier alpha value is -4.17. The second-order valence-corrected chi connectivity index (χ2v) is 7.79. The minimum atomic E-state index is 0.0339. The third-order valence-corrected chi connectivity index (χ3v) is 5.70. The molecule has 4 aromatic rings. The number of hydrogen-bond donors (Lipinski definition) is 0. The average Bonchev–Trinajstić information content (AvgIpc) is 3.13. The first kappa shape index (κ1) is 19.8. The topological polar surface area (TPSA) is 20.3 Å². The summed E-state index contributed by atoms with van der Waals surface area (Å²) in [5.74, 6) is 0.0339. The maximum absolute atomic E-state index is 13.8. The lowest BCUT2D eigenvalue weighted by molar-refractivity contribution is -0.113. The molecule has 1 aliphatic rings. The molecular formula is C30H23NO. The third-order valence-electron chi connectivity index (χ3n) is 5.70. The smallest absolute Gasteiger partial charge is 0.259 e. The molecule has 0 atom stereocenters. The van der Waals surface area contributed by atoms with Crippen LogP contribution >= 0.6 is 0 Å². The summed E-state index contributed by atoms with van der Waals surface area (Å²) < 4.78 is 0. The van der Waals surface area contributed by atoms with Gasteiger partial charge in [0.25, 0.3) is 5.91 Å². The normalized spacial score (nSPS) is 14.6. The molecule has 0 saturated heterocycles. The van der Waals surface area contributed by atoms with Crippen LogP contribution < -0.4 is 4.90 Å². The van der Waals surface area contributed by atoms with Crippen LogP contribution in [0.1, 0.15) is 22.3 Å². The largest absolute Gasteiger partial charge is 0.303 e. The fourth-order valence-corrected chi connectivity index (χ4v) is 4.15. The summed E-state index contributed by atoms with van der Waals surface area (Å²) in [4.78, 5) is 15.7. The number of carbonyl (C=O) groups excluding carboxylic acids is 1. The SMILES string of the molecule is O=C1/C(=C(/C=C/c2ccccc2)c2ccccc2)c2ccccc2N1Cc1ccccc1. The molecule has 0 radical (unpaired) electrons. The van der Waals surface area contributed by atoms with Crippen molar-refractivity contribution in [2.45, 2.75) is 6.54 Å². The fourth-order valence-electron chi connectivity index (χ4n) is 4.15. The van der Waals surface area contributed by atoms with E-state index >= 15 is 0 Å². The predicted molar refractivity (Wildman–Crippen MR) is 133 cm³/mol. The molecule has 32 heavy (non-hydrogen) atoms. The van der Waals surface area contributed by atoms with Gasteiger partial charge in [0.2, 0.25) is 0 Å². The van der Waals surface area contributed by atoms with Gasteiger partial charge >= 0.3 is 0 Å². The van der Waals surface area contributed by atoms with Gasteiger partial charge in [0.05, 0.1) is 17.8 Å². The van der Waals surface area contributed by atoms with Crippen LogP contribution in [0.4, 0.5) is 5.69 Å². The van der Waals surface area contributed by atoms with Gasteiger partial charge < -0.3 is 4.90 Å². The molecule has 2 heteroatoms. The Morgan fingerprint density at radius 3 is 2.00 bits per heavy atom. The van der Waals surface area contributed by atoms with E-state index in [1.54, 1.807) is 0 Å². The molecule has 0 spiro atoms. The molecule has 1 heterocycles. The molecule has 0 fully saturated rings. The molecule has 0 N–H and O–H groups in total. The standard InChI is InChI=1S/C30H23NO/c32-30-29(26(25-16-8-3-9-17-25)21-20-23-12-4-1-5-13-23)27-18-10-11-19-28(27)31(30)22-24-14-6-2-7-15-24/h1-21H,22H2/b21-20+,29-26-. The number of hydrogen-bond acceptors (Lipinski definition) is 1. The third kappa shape index (κ3) is 3.91. The number of amides is 1. The monoisotopic (exact) mass is 413 g/mol. The first-order chi connectivity index (χ1) is 15.8. The van der Waals surface area contributed by atoms with E-state index in [1.807, 2.05) is 83.8 Å². The van der Waals surface area contributed by atoms with Gasteiger partial charge in [-0.1, -0.05) is 121 Å². The van der Waals surface area contributed by atoms with Crippen molar-refractivity contribution < 1.29 is 4.79 Å². The van der Waals surface area contributed by atoms with Crippen molar-refractivity contribution in [3.8, 4) is 0 Å². The van der Waals surface area contributed by atoms with Crippen molar-refractivity contribution in [2.24, 2.45) is 0 Å². The van der Waals surface area contributed by atoms with Crippen LogP contribution in [0.2, 0.25) is 0 Å². The van der Waals surface area contributed by atoms with E-state index in [9.17, 15) is 4.79 Å². The van der Waals surface area contributed by atoms with Crippen LogP contribution in [0.3, 0.4) is 0 Å². The second-order valence-electron chi connectivity index (χ2n) is 7.79. The van der Waals surface area contributed by atoms with E-state index in [4.69, 9.17) is 0 Å². The highest BCUT2D eigenvalue weighted by Gasteiger charge is 2.34.